The van der Waals surface area contributed by atoms with Gasteiger partial charge in [-0.2, -0.15) is 0 Å². The zero-order chi connectivity index (χ0) is 12.4. The molecule has 0 saturated carbocycles. The van der Waals surface area contributed by atoms with Crippen molar-refractivity contribution in [2.75, 3.05) is 12.4 Å². The maximum absolute atomic E-state index is 11.2. The van der Waals surface area contributed by atoms with Gasteiger partial charge in [0.15, 0.2) is 0 Å². The highest BCUT2D eigenvalue weighted by Gasteiger charge is 2.11. The number of carbonyl (C=O) groups excluding carboxylic acids is 1. The maximum atomic E-state index is 11.2. The molecule has 1 heterocycles. The molecule has 2 rings (SSSR count). The first-order chi connectivity index (χ1) is 8.11. The molecule has 90 valence electrons. The number of rotatable bonds is 2. The van der Waals surface area contributed by atoms with Crippen LogP contribution in [0.4, 0.5) is 10.5 Å². The molecule has 1 aromatic carbocycles. The van der Waals surface area contributed by atoms with E-state index in [2.05, 4.69) is 33.9 Å². The molecule has 0 aliphatic rings. The molecule has 0 aliphatic carbocycles. The predicted octanol–water partition coefficient (Wildman–Crippen LogP) is 2.86. The van der Waals surface area contributed by atoms with E-state index >= 15 is 0 Å². The Balaban J connectivity index is 2.45. The number of fused-ring (bicyclic) bond motifs is 1. The molecular weight excluding hydrogens is 218 g/mol. The average Bonchev–Trinajstić information content (AvgIpc) is 2.74. The van der Waals surface area contributed by atoms with Gasteiger partial charge < -0.3 is 9.72 Å². The molecule has 2 N–H and O–H groups in total. The number of H-pyrrole nitrogens is 1. The van der Waals surface area contributed by atoms with Crippen LogP contribution in [0.15, 0.2) is 18.2 Å². The lowest BCUT2D eigenvalue weighted by Crippen LogP contribution is -2.11. The zero-order valence-electron chi connectivity index (χ0n) is 10.1. The first kappa shape index (κ1) is 11.4. The number of aromatic nitrogens is 2. The van der Waals surface area contributed by atoms with Gasteiger partial charge in [-0.05, 0) is 12.1 Å². The van der Waals surface area contributed by atoms with Crippen molar-refractivity contribution < 1.29 is 9.53 Å². The highest BCUT2D eigenvalue weighted by Crippen LogP contribution is 2.23. The lowest BCUT2D eigenvalue weighted by molar-refractivity contribution is 0.187. The second kappa shape index (κ2) is 4.45. The molecule has 0 radical (unpaired) electrons. The fraction of sp³-hybridized carbons (Fsp3) is 0.333. The molecule has 5 nitrogen and oxygen atoms in total. The van der Waals surface area contributed by atoms with E-state index in [0.717, 1.165) is 16.9 Å². The number of ether oxygens (including phenoxy) is 1. The van der Waals surface area contributed by atoms with Gasteiger partial charge in [0, 0.05) is 5.92 Å². The number of imidazole rings is 1. The van der Waals surface area contributed by atoms with Gasteiger partial charge in [-0.1, -0.05) is 19.9 Å². The largest absolute Gasteiger partial charge is 0.453 e. The summed E-state index contributed by atoms with van der Waals surface area (Å²) in [5.74, 6) is 1.22. The lowest BCUT2D eigenvalue weighted by atomic mass is 10.2. The Kier molecular flexibility index (Phi) is 2.99. The van der Waals surface area contributed by atoms with Crippen LogP contribution in [0.3, 0.4) is 0 Å². The molecule has 1 aromatic heterocycles. The number of methoxy groups -OCH3 is 1. The van der Waals surface area contributed by atoms with Crippen LogP contribution < -0.4 is 5.32 Å². The van der Waals surface area contributed by atoms with Gasteiger partial charge in [-0.15, -0.1) is 0 Å². The minimum Gasteiger partial charge on any atom is -0.453 e. The Bertz CT molecular complexity index is 546. The highest BCUT2D eigenvalue weighted by atomic mass is 16.5. The minimum absolute atomic E-state index is 0.313. The molecule has 0 spiro atoms. The molecule has 0 fully saturated rings. The van der Waals surface area contributed by atoms with Crippen LogP contribution in [-0.2, 0) is 4.74 Å². The summed E-state index contributed by atoms with van der Waals surface area (Å²) in [6, 6.07) is 5.58. The number of nitrogens with one attached hydrogen (secondary N) is 2. The van der Waals surface area contributed by atoms with Gasteiger partial charge in [-0.25, -0.2) is 9.78 Å². The van der Waals surface area contributed by atoms with Gasteiger partial charge in [0.1, 0.15) is 11.3 Å². The Hall–Kier alpha value is -2.04. The van der Waals surface area contributed by atoms with Crippen molar-refractivity contribution in [1.29, 1.82) is 0 Å². The molecular formula is C12H15N3O2. The van der Waals surface area contributed by atoms with Crippen molar-refractivity contribution >= 4 is 22.8 Å². The molecule has 1 amide bonds. The molecule has 0 bridgehead atoms. The second-order valence-corrected chi connectivity index (χ2v) is 4.10. The van der Waals surface area contributed by atoms with Gasteiger partial charge in [0.2, 0.25) is 0 Å². The van der Waals surface area contributed by atoms with E-state index in [1.165, 1.54) is 7.11 Å². The van der Waals surface area contributed by atoms with Crippen LogP contribution in [0, 0.1) is 0 Å². The van der Waals surface area contributed by atoms with E-state index in [9.17, 15) is 4.79 Å². The monoisotopic (exact) mass is 233 g/mol. The van der Waals surface area contributed by atoms with E-state index in [-0.39, 0.29) is 0 Å². The topological polar surface area (TPSA) is 67.0 Å². The number of nitrogens with zero attached hydrogens (tertiary/aromatic N) is 1. The molecule has 0 aliphatic heterocycles. The fourth-order valence-electron chi connectivity index (χ4n) is 1.59. The quantitative estimate of drug-likeness (QED) is 0.838. The van der Waals surface area contributed by atoms with Crippen molar-refractivity contribution in [2.24, 2.45) is 0 Å². The summed E-state index contributed by atoms with van der Waals surface area (Å²) in [5, 5.41) is 2.64. The number of para-hydroxylation sites is 1. The van der Waals surface area contributed by atoms with Crippen molar-refractivity contribution in [2.45, 2.75) is 19.8 Å². The number of hydrogen-bond donors (Lipinski definition) is 2. The summed E-state index contributed by atoms with van der Waals surface area (Å²) < 4.78 is 4.57. The van der Waals surface area contributed by atoms with Crippen LogP contribution in [0.2, 0.25) is 0 Å². The van der Waals surface area contributed by atoms with Crippen LogP contribution in [-0.4, -0.2) is 23.2 Å². The molecule has 2 aromatic rings. The van der Waals surface area contributed by atoms with E-state index < -0.39 is 6.09 Å². The van der Waals surface area contributed by atoms with Crippen LogP contribution >= 0.6 is 0 Å². The summed E-state index contributed by atoms with van der Waals surface area (Å²) >= 11 is 0. The smallest absolute Gasteiger partial charge is 0.411 e. The van der Waals surface area contributed by atoms with Crippen LogP contribution in [0.1, 0.15) is 25.6 Å². The Morgan fingerprint density at radius 2 is 2.24 bits per heavy atom. The number of aromatic amines is 1. The molecule has 0 atom stereocenters. The molecule has 0 saturated heterocycles. The van der Waals surface area contributed by atoms with Crippen molar-refractivity contribution in [3.8, 4) is 0 Å². The van der Waals surface area contributed by atoms with E-state index in [4.69, 9.17) is 0 Å². The Morgan fingerprint density at radius 1 is 1.47 bits per heavy atom. The predicted molar refractivity (Wildman–Crippen MR) is 66.2 cm³/mol. The van der Waals surface area contributed by atoms with Crippen LogP contribution in [0.5, 0.6) is 0 Å². The highest BCUT2D eigenvalue weighted by molar-refractivity contribution is 5.96. The van der Waals surface area contributed by atoms with Gasteiger partial charge in [0.05, 0.1) is 18.3 Å². The van der Waals surface area contributed by atoms with E-state index in [1.54, 1.807) is 6.07 Å². The summed E-state index contributed by atoms with van der Waals surface area (Å²) in [5.41, 5.74) is 2.31. The normalized spacial score (nSPS) is 10.8. The van der Waals surface area contributed by atoms with Gasteiger partial charge >= 0.3 is 6.09 Å². The second-order valence-electron chi connectivity index (χ2n) is 4.10. The average molecular weight is 233 g/mol. The minimum atomic E-state index is -0.494. The number of hydrogen-bond acceptors (Lipinski definition) is 3. The van der Waals surface area contributed by atoms with E-state index in [1.807, 2.05) is 12.1 Å². The Labute approximate surface area is 99.2 Å². The number of carbonyl (C=O) groups is 1. The standard InChI is InChI=1S/C12H15N3O2/c1-7(2)11-13-8-5-4-6-9(10(8)15-11)14-12(16)17-3/h4-7H,1-3H3,(H,13,15)(H,14,16). The summed E-state index contributed by atoms with van der Waals surface area (Å²) in [4.78, 5) is 18.9. The van der Waals surface area contributed by atoms with Gasteiger partial charge in [0.25, 0.3) is 0 Å². The van der Waals surface area contributed by atoms with E-state index in [0.29, 0.717) is 11.6 Å². The van der Waals surface area contributed by atoms with Crippen molar-refractivity contribution in [3.63, 3.8) is 0 Å². The van der Waals surface area contributed by atoms with Gasteiger partial charge in [-0.3, -0.25) is 5.32 Å². The third-order valence-corrected chi connectivity index (χ3v) is 2.50. The third kappa shape index (κ3) is 2.22. The number of benzene rings is 1. The fourth-order valence-corrected chi connectivity index (χ4v) is 1.59. The van der Waals surface area contributed by atoms with Crippen molar-refractivity contribution in [3.05, 3.63) is 24.0 Å². The molecule has 17 heavy (non-hydrogen) atoms. The van der Waals surface area contributed by atoms with Crippen LogP contribution in [0.25, 0.3) is 11.0 Å². The SMILES string of the molecule is COC(=O)Nc1cccc2[nH]c(C(C)C)nc12. The first-order valence-electron chi connectivity index (χ1n) is 5.45. The Morgan fingerprint density at radius 3 is 2.88 bits per heavy atom. The number of amides is 1. The molecule has 5 heteroatoms. The maximum Gasteiger partial charge on any atom is 0.411 e. The lowest BCUT2D eigenvalue weighted by Gasteiger charge is -2.03. The summed E-state index contributed by atoms with van der Waals surface area (Å²) in [6.07, 6.45) is -0.494. The number of anilines is 1. The summed E-state index contributed by atoms with van der Waals surface area (Å²) in [6.45, 7) is 4.12. The molecule has 0 unspecified atom stereocenters. The van der Waals surface area contributed by atoms with Crippen molar-refractivity contribution in [1.82, 2.24) is 9.97 Å². The summed E-state index contributed by atoms with van der Waals surface area (Å²) in [7, 11) is 1.33. The third-order valence-electron chi connectivity index (χ3n) is 2.50. The zero-order valence-corrected chi connectivity index (χ0v) is 10.1. The first-order valence-corrected chi connectivity index (χ1v) is 5.45.